The topological polar surface area (TPSA) is 102 Å². The minimum atomic E-state index is -0.188. The number of hydrogen-bond donors (Lipinski definition) is 1. The number of hydrogen-bond acceptors (Lipinski definition) is 7. The molecule has 5 rings (SSSR count). The second kappa shape index (κ2) is 9.38. The van der Waals surface area contributed by atoms with Crippen LogP contribution in [0.5, 0.6) is 0 Å². The first-order valence-electron chi connectivity index (χ1n) is 11.4. The van der Waals surface area contributed by atoms with Gasteiger partial charge in [-0.1, -0.05) is 11.6 Å². The number of fused-ring (bicyclic) bond motifs is 1. The normalized spacial score (nSPS) is 14.5. The zero-order chi connectivity index (χ0) is 24.5. The van der Waals surface area contributed by atoms with Gasteiger partial charge in [-0.25, -0.2) is 4.98 Å². The number of aromatic nitrogens is 6. The Hall–Kier alpha value is -3.92. The lowest BCUT2D eigenvalue weighted by Gasteiger charge is -2.11. The highest BCUT2D eigenvalue weighted by Crippen LogP contribution is 2.39. The second-order valence-corrected chi connectivity index (χ2v) is 10.0. The fourth-order valence-corrected chi connectivity index (χ4v) is 4.64. The summed E-state index contributed by atoms with van der Waals surface area (Å²) >= 11 is 1.69. The van der Waals surface area contributed by atoms with Crippen molar-refractivity contribution in [3.63, 3.8) is 0 Å². The molecule has 0 spiro atoms. The van der Waals surface area contributed by atoms with Crippen molar-refractivity contribution in [2.75, 3.05) is 6.54 Å². The number of tetrazole rings is 1. The highest BCUT2D eigenvalue weighted by Gasteiger charge is 2.31. The predicted octanol–water partition coefficient (Wildman–Crippen LogP) is 4.50. The van der Waals surface area contributed by atoms with Crippen molar-refractivity contribution in [1.82, 2.24) is 34.9 Å². The Morgan fingerprint density at radius 2 is 2.14 bits per heavy atom. The van der Waals surface area contributed by atoms with Crippen LogP contribution in [-0.4, -0.2) is 48.8 Å². The van der Waals surface area contributed by atoms with Gasteiger partial charge in [-0.3, -0.25) is 14.2 Å². The van der Waals surface area contributed by atoms with Crippen molar-refractivity contribution in [3.8, 4) is 16.3 Å². The summed E-state index contributed by atoms with van der Waals surface area (Å²) < 4.78 is 3.68. The van der Waals surface area contributed by atoms with E-state index >= 15 is 0 Å². The lowest BCUT2D eigenvalue weighted by Crippen LogP contribution is -2.25. The molecule has 0 aliphatic heterocycles. The third kappa shape index (κ3) is 4.69. The van der Waals surface area contributed by atoms with Crippen LogP contribution in [0.1, 0.15) is 53.7 Å². The van der Waals surface area contributed by atoms with Crippen molar-refractivity contribution in [2.24, 2.45) is 4.99 Å². The predicted molar refractivity (Wildman–Crippen MR) is 137 cm³/mol. The first kappa shape index (κ1) is 22.9. The fraction of sp³-hybridized carbons (Fsp3) is 0.280. The van der Waals surface area contributed by atoms with Gasteiger partial charge in [-0.15, -0.1) is 16.4 Å². The number of thiophene rings is 1. The maximum atomic E-state index is 13.2. The molecule has 0 saturated heterocycles. The molecular formula is C25H26N8OS. The highest BCUT2D eigenvalue weighted by atomic mass is 32.1. The summed E-state index contributed by atoms with van der Waals surface area (Å²) in [4.78, 5) is 24.1. The van der Waals surface area contributed by atoms with Gasteiger partial charge in [0.1, 0.15) is 5.69 Å². The molecule has 35 heavy (non-hydrogen) atoms. The number of nitrogens with zero attached hydrogens (tertiary/aromatic N) is 7. The van der Waals surface area contributed by atoms with E-state index in [2.05, 4.69) is 51.6 Å². The van der Waals surface area contributed by atoms with E-state index in [1.807, 2.05) is 48.9 Å². The molecule has 0 aromatic carbocycles. The molecule has 178 valence electrons. The molecule has 1 aliphatic rings. The monoisotopic (exact) mass is 486 g/mol. The molecule has 1 amide bonds. The molecule has 1 aliphatic carbocycles. The molecule has 0 radical (unpaired) electrons. The van der Waals surface area contributed by atoms with Crippen molar-refractivity contribution < 1.29 is 4.79 Å². The first-order valence-corrected chi connectivity index (χ1v) is 12.2. The van der Waals surface area contributed by atoms with E-state index in [-0.39, 0.29) is 5.91 Å². The Kier molecular flexibility index (Phi) is 6.12. The molecular weight excluding hydrogens is 460 g/mol. The Labute approximate surface area is 206 Å². The standard InChI is InChI=1S/C25H26N8OS/c1-15(5-6-16(2)26-4)12-28-25(34)19-11-20(33-23(18-8-9-18)29-30-31-33)24-27-13-21(32(24)14-19)22-10-7-17(3)35-22/h5-7,10-11,13-14,18H,4,8-9,12H2,1-3H3,(H,28,34)/b15-5+,16-6-. The van der Waals surface area contributed by atoms with E-state index in [4.69, 9.17) is 4.98 Å². The number of nitrogens with one attached hydrogen (secondary N) is 1. The van der Waals surface area contributed by atoms with Crippen LogP contribution in [0.2, 0.25) is 0 Å². The zero-order valence-electron chi connectivity index (χ0n) is 19.9. The molecule has 1 N–H and O–H groups in total. The van der Waals surface area contributed by atoms with E-state index in [1.165, 1.54) is 4.88 Å². The van der Waals surface area contributed by atoms with Crippen molar-refractivity contribution in [3.05, 3.63) is 70.3 Å². The van der Waals surface area contributed by atoms with Crippen LogP contribution in [0.15, 0.2) is 59.0 Å². The van der Waals surface area contributed by atoms with E-state index in [1.54, 1.807) is 16.0 Å². The molecule has 0 bridgehead atoms. The van der Waals surface area contributed by atoms with Gasteiger partial charge in [0.15, 0.2) is 11.5 Å². The van der Waals surface area contributed by atoms with E-state index < -0.39 is 0 Å². The molecule has 10 heteroatoms. The number of rotatable bonds is 8. The first-order chi connectivity index (χ1) is 16.9. The van der Waals surface area contributed by atoms with Gasteiger partial charge in [0.2, 0.25) is 0 Å². The van der Waals surface area contributed by atoms with Gasteiger partial charge in [-0.2, -0.15) is 4.68 Å². The Morgan fingerprint density at radius 1 is 1.31 bits per heavy atom. The van der Waals surface area contributed by atoms with Crippen LogP contribution in [0.4, 0.5) is 0 Å². The van der Waals surface area contributed by atoms with Crippen molar-refractivity contribution in [1.29, 1.82) is 0 Å². The van der Waals surface area contributed by atoms with E-state index in [0.29, 0.717) is 29.4 Å². The van der Waals surface area contributed by atoms with Crippen LogP contribution in [-0.2, 0) is 0 Å². The largest absolute Gasteiger partial charge is 0.348 e. The third-order valence-electron chi connectivity index (χ3n) is 5.89. The van der Waals surface area contributed by atoms with Gasteiger partial charge >= 0.3 is 0 Å². The van der Waals surface area contributed by atoms with E-state index in [0.717, 1.165) is 40.5 Å². The summed E-state index contributed by atoms with van der Waals surface area (Å²) in [5, 5.41) is 15.4. The summed E-state index contributed by atoms with van der Waals surface area (Å²) in [6, 6.07) is 5.97. The summed E-state index contributed by atoms with van der Waals surface area (Å²) in [5.74, 6) is 0.954. The van der Waals surface area contributed by atoms with Crippen LogP contribution in [0.3, 0.4) is 0 Å². The number of carbonyl (C=O) groups is 1. The van der Waals surface area contributed by atoms with Gasteiger partial charge in [0.25, 0.3) is 5.91 Å². The van der Waals surface area contributed by atoms with Crippen LogP contribution < -0.4 is 5.32 Å². The minimum Gasteiger partial charge on any atom is -0.348 e. The number of pyridine rings is 1. The quantitative estimate of drug-likeness (QED) is 0.292. The molecule has 9 nitrogen and oxygen atoms in total. The molecule has 4 heterocycles. The van der Waals surface area contributed by atoms with Crippen LogP contribution in [0, 0.1) is 6.92 Å². The Balaban J connectivity index is 1.55. The van der Waals surface area contributed by atoms with Crippen LogP contribution in [0.25, 0.3) is 21.9 Å². The number of aliphatic imine (C=N–C) groups is 1. The lowest BCUT2D eigenvalue weighted by atomic mass is 10.2. The molecule has 0 unspecified atom stereocenters. The van der Waals surface area contributed by atoms with Crippen molar-refractivity contribution >= 4 is 29.6 Å². The minimum absolute atomic E-state index is 0.188. The van der Waals surface area contributed by atoms with Gasteiger partial charge in [0.05, 0.1) is 22.3 Å². The smallest absolute Gasteiger partial charge is 0.253 e. The van der Waals surface area contributed by atoms with Crippen molar-refractivity contribution in [2.45, 2.75) is 39.5 Å². The average molecular weight is 487 g/mol. The second-order valence-electron chi connectivity index (χ2n) is 8.75. The average Bonchev–Trinajstić information content (AvgIpc) is 3.22. The molecule has 4 aromatic rings. The number of imidazole rings is 1. The molecule has 1 fully saturated rings. The number of carbonyl (C=O) groups excluding carboxylic acids is 1. The number of aryl methyl sites for hydroxylation is 1. The summed E-state index contributed by atoms with van der Waals surface area (Å²) in [5.41, 5.74) is 4.62. The summed E-state index contributed by atoms with van der Waals surface area (Å²) in [7, 11) is 0. The molecule has 4 aromatic heterocycles. The highest BCUT2D eigenvalue weighted by molar-refractivity contribution is 7.15. The maximum Gasteiger partial charge on any atom is 0.253 e. The molecule has 1 saturated carbocycles. The number of allylic oxidation sites excluding steroid dienone is 3. The summed E-state index contributed by atoms with van der Waals surface area (Å²) in [6.07, 6.45) is 9.59. The lowest BCUT2D eigenvalue weighted by molar-refractivity contribution is 0.0956. The third-order valence-corrected chi connectivity index (χ3v) is 6.92. The van der Waals surface area contributed by atoms with Gasteiger partial charge < -0.3 is 5.32 Å². The van der Waals surface area contributed by atoms with Crippen LogP contribution >= 0.6 is 11.3 Å². The van der Waals surface area contributed by atoms with Gasteiger partial charge in [0, 0.05) is 29.2 Å². The van der Waals surface area contributed by atoms with E-state index in [9.17, 15) is 4.79 Å². The summed E-state index contributed by atoms with van der Waals surface area (Å²) in [6.45, 7) is 9.82. The molecule has 0 atom stereocenters. The van der Waals surface area contributed by atoms with Gasteiger partial charge in [-0.05, 0) is 75.0 Å². The number of amides is 1. The Bertz CT molecular complexity index is 1480. The fourth-order valence-electron chi connectivity index (χ4n) is 3.76. The SMILES string of the molecule is C=N/C(C)=C\C=C(/C)CNC(=O)c1cc(-n2nnnc2C2CC2)c2ncc(-c3ccc(C)s3)n2c1. The Morgan fingerprint density at radius 3 is 2.86 bits per heavy atom. The zero-order valence-corrected chi connectivity index (χ0v) is 20.7. The maximum absolute atomic E-state index is 13.2.